The van der Waals surface area contributed by atoms with Crippen LogP contribution in [0.2, 0.25) is 0 Å². The van der Waals surface area contributed by atoms with Gasteiger partial charge in [0.05, 0.1) is 23.1 Å². The molecule has 1 aliphatic rings. The van der Waals surface area contributed by atoms with Crippen molar-refractivity contribution in [2.24, 2.45) is 0 Å². The van der Waals surface area contributed by atoms with Crippen molar-refractivity contribution >= 4 is 28.8 Å². The Balaban J connectivity index is 1.91. The lowest BCUT2D eigenvalue weighted by Gasteiger charge is -2.26. The molecule has 1 heterocycles. The maximum atomic E-state index is 13.2. The van der Waals surface area contributed by atoms with Gasteiger partial charge in [-0.25, -0.2) is 0 Å². The second kappa shape index (κ2) is 9.19. The molecule has 34 heavy (non-hydrogen) atoms. The molecule has 8 heteroatoms. The first-order valence-electron chi connectivity index (χ1n) is 10.7. The van der Waals surface area contributed by atoms with Crippen molar-refractivity contribution in [1.29, 1.82) is 0 Å². The second-order valence-corrected chi connectivity index (χ2v) is 7.82. The summed E-state index contributed by atoms with van der Waals surface area (Å²) in [7, 11) is 0. The number of ketones is 1. The number of nitro groups is 1. The molecule has 1 aliphatic heterocycles. The summed E-state index contributed by atoms with van der Waals surface area (Å²) < 4.78 is 5.47. The van der Waals surface area contributed by atoms with Crippen LogP contribution in [0.4, 0.5) is 11.4 Å². The molecule has 1 fully saturated rings. The van der Waals surface area contributed by atoms with Crippen LogP contribution in [0, 0.1) is 17.0 Å². The van der Waals surface area contributed by atoms with Crippen molar-refractivity contribution in [3.63, 3.8) is 0 Å². The Morgan fingerprint density at radius 3 is 2.41 bits per heavy atom. The molecule has 0 saturated carbocycles. The van der Waals surface area contributed by atoms with Gasteiger partial charge in [-0.15, -0.1) is 0 Å². The van der Waals surface area contributed by atoms with Gasteiger partial charge in [0.1, 0.15) is 11.5 Å². The second-order valence-electron chi connectivity index (χ2n) is 7.82. The van der Waals surface area contributed by atoms with Crippen LogP contribution in [-0.4, -0.2) is 28.3 Å². The van der Waals surface area contributed by atoms with Crippen LogP contribution in [0.15, 0.2) is 78.4 Å². The van der Waals surface area contributed by atoms with E-state index >= 15 is 0 Å². The normalized spacial score (nSPS) is 17.1. The number of aliphatic hydroxyl groups excluding tert-OH is 1. The summed E-state index contributed by atoms with van der Waals surface area (Å²) in [5.74, 6) is -1.53. The Morgan fingerprint density at radius 2 is 1.76 bits per heavy atom. The first-order chi connectivity index (χ1) is 16.3. The summed E-state index contributed by atoms with van der Waals surface area (Å²) >= 11 is 0. The molecule has 1 amide bonds. The molecule has 0 aromatic heterocycles. The van der Waals surface area contributed by atoms with Crippen molar-refractivity contribution in [2.75, 3.05) is 11.5 Å². The van der Waals surface area contributed by atoms with E-state index in [0.29, 0.717) is 23.6 Å². The number of amides is 1. The molecule has 0 spiro atoms. The smallest absolute Gasteiger partial charge is 0.300 e. The molecule has 0 bridgehead atoms. The number of aliphatic hydroxyl groups is 1. The van der Waals surface area contributed by atoms with E-state index in [4.69, 9.17) is 4.74 Å². The minimum absolute atomic E-state index is 0.0801. The van der Waals surface area contributed by atoms with E-state index in [-0.39, 0.29) is 16.8 Å². The zero-order valence-corrected chi connectivity index (χ0v) is 18.6. The summed E-state index contributed by atoms with van der Waals surface area (Å²) in [6.45, 7) is 4.22. The fourth-order valence-corrected chi connectivity index (χ4v) is 4.05. The van der Waals surface area contributed by atoms with Gasteiger partial charge < -0.3 is 9.84 Å². The lowest BCUT2D eigenvalue weighted by atomic mass is 9.94. The molecular weight excluding hydrogens is 436 g/mol. The average Bonchev–Trinajstić information content (AvgIpc) is 3.10. The predicted molar refractivity (Wildman–Crippen MR) is 127 cm³/mol. The van der Waals surface area contributed by atoms with Gasteiger partial charge in [-0.2, -0.15) is 0 Å². The minimum atomic E-state index is -0.919. The summed E-state index contributed by atoms with van der Waals surface area (Å²) in [5.41, 5.74) is 1.69. The number of nitrogens with zero attached hydrogens (tertiary/aromatic N) is 2. The third-order valence-electron chi connectivity index (χ3n) is 5.56. The van der Waals surface area contributed by atoms with E-state index in [0.717, 1.165) is 5.56 Å². The first-order valence-corrected chi connectivity index (χ1v) is 10.7. The van der Waals surface area contributed by atoms with Crippen LogP contribution in [0.25, 0.3) is 5.76 Å². The standard InChI is InChI=1S/C26H22N2O6/c1-3-34-21-12-10-19(11-13-21)27-23(17-7-4-6-16(2)14-17)22(25(30)26(27)31)24(29)18-8-5-9-20(15-18)28(32)33/h4-15,23,29H,3H2,1-2H3/b24-22-. The largest absolute Gasteiger partial charge is 0.507 e. The number of carbonyl (C=O) groups excluding carboxylic acids is 2. The molecule has 0 radical (unpaired) electrons. The predicted octanol–water partition coefficient (Wildman–Crippen LogP) is 4.93. The van der Waals surface area contributed by atoms with Gasteiger partial charge in [-0.1, -0.05) is 42.0 Å². The van der Waals surface area contributed by atoms with Crippen molar-refractivity contribution in [3.8, 4) is 5.75 Å². The summed E-state index contributed by atoms with van der Waals surface area (Å²) in [4.78, 5) is 38.3. The number of hydrogen-bond donors (Lipinski definition) is 1. The van der Waals surface area contributed by atoms with Gasteiger partial charge in [0.25, 0.3) is 17.4 Å². The number of non-ortho nitro benzene ring substituents is 1. The summed E-state index contributed by atoms with van der Waals surface area (Å²) in [6, 6.07) is 18.4. The molecule has 0 aliphatic carbocycles. The van der Waals surface area contributed by atoms with Crippen LogP contribution < -0.4 is 9.64 Å². The number of carbonyl (C=O) groups is 2. The average molecular weight is 458 g/mol. The number of aryl methyl sites for hydroxylation is 1. The van der Waals surface area contributed by atoms with Gasteiger partial charge in [-0.3, -0.25) is 24.6 Å². The number of ether oxygens (including phenoxy) is 1. The molecule has 3 aromatic carbocycles. The Kier molecular flexibility index (Phi) is 6.14. The maximum absolute atomic E-state index is 13.2. The highest BCUT2D eigenvalue weighted by Crippen LogP contribution is 2.42. The number of benzene rings is 3. The maximum Gasteiger partial charge on any atom is 0.300 e. The van der Waals surface area contributed by atoms with Gasteiger partial charge in [0.2, 0.25) is 0 Å². The molecular formula is C26H22N2O6. The van der Waals surface area contributed by atoms with Crippen molar-refractivity contribution in [2.45, 2.75) is 19.9 Å². The molecule has 172 valence electrons. The van der Waals surface area contributed by atoms with E-state index in [1.165, 1.54) is 29.2 Å². The number of Topliss-reactive ketones (excluding diaryl/α,β-unsaturated/α-hetero) is 1. The fraction of sp³-hybridized carbons (Fsp3) is 0.154. The van der Waals surface area contributed by atoms with Crippen molar-refractivity contribution < 1.29 is 24.4 Å². The van der Waals surface area contributed by atoms with Crippen molar-refractivity contribution in [3.05, 3.63) is 105 Å². The monoisotopic (exact) mass is 458 g/mol. The lowest BCUT2D eigenvalue weighted by Crippen LogP contribution is -2.29. The van der Waals surface area contributed by atoms with E-state index < -0.39 is 28.4 Å². The summed E-state index contributed by atoms with van der Waals surface area (Å²) in [6.07, 6.45) is 0. The van der Waals surface area contributed by atoms with E-state index in [1.54, 1.807) is 36.4 Å². The highest BCUT2D eigenvalue weighted by atomic mass is 16.6. The number of hydrogen-bond acceptors (Lipinski definition) is 6. The fourth-order valence-electron chi connectivity index (χ4n) is 4.05. The van der Waals surface area contributed by atoms with E-state index in [9.17, 15) is 24.8 Å². The zero-order valence-electron chi connectivity index (χ0n) is 18.6. The van der Waals surface area contributed by atoms with Gasteiger partial charge in [0, 0.05) is 23.4 Å². The quantitative estimate of drug-likeness (QED) is 0.184. The van der Waals surface area contributed by atoms with E-state index in [1.807, 2.05) is 26.0 Å². The zero-order chi connectivity index (χ0) is 24.4. The van der Waals surface area contributed by atoms with Crippen LogP contribution in [-0.2, 0) is 9.59 Å². The number of anilines is 1. The van der Waals surface area contributed by atoms with E-state index in [2.05, 4.69) is 0 Å². The number of nitro benzene ring substituents is 1. The highest BCUT2D eigenvalue weighted by Gasteiger charge is 2.47. The molecule has 8 nitrogen and oxygen atoms in total. The summed E-state index contributed by atoms with van der Waals surface area (Å²) in [5, 5.41) is 22.3. The van der Waals surface area contributed by atoms with Crippen LogP contribution in [0.3, 0.4) is 0 Å². The molecule has 4 rings (SSSR count). The third-order valence-corrected chi connectivity index (χ3v) is 5.56. The van der Waals surface area contributed by atoms with Crippen LogP contribution in [0.1, 0.15) is 29.7 Å². The lowest BCUT2D eigenvalue weighted by molar-refractivity contribution is -0.384. The molecule has 1 N–H and O–H groups in total. The van der Waals surface area contributed by atoms with Crippen LogP contribution in [0.5, 0.6) is 5.75 Å². The Morgan fingerprint density at radius 1 is 1.06 bits per heavy atom. The van der Waals surface area contributed by atoms with Crippen LogP contribution >= 0.6 is 0 Å². The topological polar surface area (TPSA) is 110 Å². The van der Waals surface area contributed by atoms with Gasteiger partial charge in [0.15, 0.2) is 0 Å². The van der Waals surface area contributed by atoms with Gasteiger partial charge >= 0.3 is 0 Å². The van der Waals surface area contributed by atoms with Crippen molar-refractivity contribution in [1.82, 2.24) is 0 Å². The minimum Gasteiger partial charge on any atom is -0.507 e. The Hall–Kier alpha value is -4.46. The molecule has 1 unspecified atom stereocenters. The molecule has 3 aromatic rings. The third kappa shape index (κ3) is 4.13. The first kappa shape index (κ1) is 22.7. The Labute approximate surface area is 195 Å². The van der Waals surface area contributed by atoms with Gasteiger partial charge in [-0.05, 0) is 43.7 Å². The number of rotatable bonds is 6. The Bertz CT molecular complexity index is 1310. The molecule has 1 saturated heterocycles. The SMILES string of the molecule is CCOc1ccc(N2C(=O)C(=O)/C(=C(\O)c3cccc([N+](=O)[O-])c3)C2c2cccc(C)c2)cc1. The highest BCUT2D eigenvalue weighted by molar-refractivity contribution is 6.51. The molecule has 1 atom stereocenters.